The zero-order chi connectivity index (χ0) is 22.5. The summed E-state index contributed by atoms with van der Waals surface area (Å²) in [6.07, 6.45) is 0.0281. The minimum Gasteiger partial charge on any atom is -0.468 e. The van der Waals surface area contributed by atoms with Crippen LogP contribution in [0.5, 0.6) is 0 Å². The molecule has 6 nitrogen and oxygen atoms in total. The molecule has 0 aliphatic carbocycles. The van der Waals surface area contributed by atoms with Crippen molar-refractivity contribution < 1.29 is 19.1 Å². The third kappa shape index (κ3) is 5.64. The van der Waals surface area contributed by atoms with Gasteiger partial charge < -0.3 is 14.4 Å². The highest BCUT2D eigenvalue weighted by molar-refractivity contribution is 5.83. The first kappa shape index (κ1) is 22.8. The normalized spacial score (nSPS) is 19.7. The first-order chi connectivity index (χ1) is 14.7. The number of esters is 1. The van der Waals surface area contributed by atoms with Gasteiger partial charge in [-0.3, -0.25) is 4.90 Å². The van der Waals surface area contributed by atoms with Crippen molar-refractivity contribution in [1.29, 1.82) is 0 Å². The van der Waals surface area contributed by atoms with Crippen LogP contribution < -0.4 is 0 Å². The molecule has 2 aromatic rings. The van der Waals surface area contributed by atoms with Crippen LogP contribution >= 0.6 is 0 Å². The average molecular weight is 425 g/mol. The van der Waals surface area contributed by atoms with Gasteiger partial charge in [0.25, 0.3) is 0 Å². The van der Waals surface area contributed by atoms with Crippen LogP contribution in [0.15, 0.2) is 60.7 Å². The molecule has 1 saturated heterocycles. The minimum atomic E-state index is -1.01. The monoisotopic (exact) mass is 424 g/mol. The number of hydrogen-bond donors (Lipinski definition) is 0. The molecule has 1 aliphatic heterocycles. The van der Waals surface area contributed by atoms with E-state index in [1.54, 1.807) is 4.90 Å². The number of amides is 1. The standard InChI is InChI=1S/C25H32N2O4/c1-24(2,3)31-23(29)26-15-16-27(18-21-13-9-6-10-14-21)25(19-26,22(28)30-4)17-20-11-7-5-8-12-20/h5-14H,15-19H2,1-4H3. The number of methoxy groups -OCH3 is 1. The fourth-order valence-corrected chi connectivity index (χ4v) is 4.02. The van der Waals surface area contributed by atoms with Crippen molar-refractivity contribution in [1.82, 2.24) is 9.80 Å². The number of piperazine rings is 1. The van der Waals surface area contributed by atoms with E-state index in [2.05, 4.69) is 4.90 Å². The van der Waals surface area contributed by atoms with Crippen molar-refractivity contribution in [2.75, 3.05) is 26.7 Å². The first-order valence-electron chi connectivity index (χ1n) is 10.6. The summed E-state index contributed by atoms with van der Waals surface area (Å²) >= 11 is 0. The van der Waals surface area contributed by atoms with Crippen LogP contribution in [0.2, 0.25) is 0 Å². The molecule has 31 heavy (non-hydrogen) atoms. The molecular formula is C25H32N2O4. The van der Waals surface area contributed by atoms with Crippen molar-refractivity contribution in [2.24, 2.45) is 0 Å². The lowest BCUT2D eigenvalue weighted by Gasteiger charge is -2.48. The molecule has 0 aromatic heterocycles. The number of nitrogens with zero attached hydrogens (tertiary/aromatic N) is 2. The van der Waals surface area contributed by atoms with Crippen molar-refractivity contribution in [3.8, 4) is 0 Å². The summed E-state index contributed by atoms with van der Waals surface area (Å²) in [5.41, 5.74) is 0.499. The topological polar surface area (TPSA) is 59.1 Å². The molecule has 6 heteroatoms. The largest absolute Gasteiger partial charge is 0.468 e. The number of carbonyl (C=O) groups is 2. The number of ether oxygens (including phenoxy) is 2. The highest BCUT2D eigenvalue weighted by Crippen LogP contribution is 2.30. The van der Waals surface area contributed by atoms with Crippen molar-refractivity contribution in [3.63, 3.8) is 0 Å². The van der Waals surface area contributed by atoms with E-state index < -0.39 is 17.2 Å². The molecule has 1 amide bonds. The Hall–Kier alpha value is -2.86. The summed E-state index contributed by atoms with van der Waals surface area (Å²) in [7, 11) is 1.40. The average Bonchev–Trinajstić information content (AvgIpc) is 2.74. The van der Waals surface area contributed by atoms with Gasteiger partial charge in [0.2, 0.25) is 0 Å². The lowest BCUT2D eigenvalue weighted by Crippen LogP contribution is -2.68. The number of benzene rings is 2. The Morgan fingerprint density at radius 1 is 0.935 bits per heavy atom. The van der Waals surface area contributed by atoms with Gasteiger partial charge in [0, 0.05) is 26.1 Å². The highest BCUT2D eigenvalue weighted by atomic mass is 16.6. The summed E-state index contributed by atoms with van der Waals surface area (Å²) < 4.78 is 10.9. The molecular weight excluding hydrogens is 392 g/mol. The predicted molar refractivity (Wildman–Crippen MR) is 120 cm³/mol. The van der Waals surface area contributed by atoms with E-state index in [1.165, 1.54) is 7.11 Å². The van der Waals surface area contributed by atoms with Crippen LogP contribution in [0, 0.1) is 0 Å². The van der Waals surface area contributed by atoms with Crippen LogP contribution in [0.25, 0.3) is 0 Å². The van der Waals surface area contributed by atoms with E-state index in [1.807, 2.05) is 81.4 Å². The second kappa shape index (κ2) is 9.52. The second-order valence-electron chi connectivity index (χ2n) is 8.99. The molecule has 0 saturated carbocycles. The Bertz CT molecular complexity index is 879. The Balaban J connectivity index is 1.97. The summed E-state index contributed by atoms with van der Waals surface area (Å²) in [5.74, 6) is -0.347. The summed E-state index contributed by atoms with van der Waals surface area (Å²) in [4.78, 5) is 29.9. The Morgan fingerprint density at radius 2 is 1.52 bits per heavy atom. The Labute approximate surface area is 184 Å². The van der Waals surface area contributed by atoms with E-state index >= 15 is 0 Å². The van der Waals surface area contributed by atoms with Crippen LogP contribution in [-0.4, -0.2) is 59.7 Å². The number of carbonyl (C=O) groups excluding carboxylic acids is 2. The molecule has 0 spiro atoms. The molecule has 1 atom stereocenters. The van der Waals surface area contributed by atoms with Gasteiger partial charge in [0.1, 0.15) is 11.1 Å². The smallest absolute Gasteiger partial charge is 0.410 e. The molecule has 166 valence electrons. The number of rotatable bonds is 5. The van der Waals surface area contributed by atoms with E-state index in [-0.39, 0.29) is 12.5 Å². The number of hydrogen-bond acceptors (Lipinski definition) is 5. The second-order valence-corrected chi connectivity index (χ2v) is 8.99. The van der Waals surface area contributed by atoms with Crippen LogP contribution in [-0.2, 0) is 27.2 Å². The van der Waals surface area contributed by atoms with E-state index in [9.17, 15) is 9.59 Å². The molecule has 1 aliphatic rings. The van der Waals surface area contributed by atoms with E-state index in [0.29, 0.717) is 26.1 Å². The van der Waals surface area contributed by atoms with Crippen LogP contribution in [0.3, 0.4) is 0 Å². The molecule has 0 radical (unpaired) electrons. The maximum Gasteiger partial charge on any atom is 0.410 e. The maximum absolute atomic E-state index is 13.3. The fourth-order valence-electron chi connectivity index (χ4n) is 4.02. The van der Waals surface area contributed by atoms with Crippen molar-refractivity contribution >= 4 is 12.1 Å². The van der Waals surface area contributed by atoms with Gasteiger partial charge >= 0.3 is 12.1 Å². The van der Waals surface area contributed by atoms with Gasteiger partial charge in [-0.2, -0.15) is 0 Å². The van der Waals surface area contributed by atoms with Crippen molar-refractivity contribution in [2.45, 2.75) is 44.9 Å². The fraction of sp³-hybridized carbons (Fsp3) is 0.440. The molecule has 2 aromatic carbocycles. The third-order valence-corrected chi connectivity index (χ3v) is 5.47. The molecule has 1 fully saturated rings. The molecule has 0 bridgehead atoms. The van der Waals surface area contributed by atoms with Gasteiger partial charge in [-0.15, -0.1) is 0 Å². The minimum absolute atomic E-state index is 0.205. The van der Waals surface area contributed by atoms with E-state index in [0.717, 1.165) is 11.1 Å². The maximum atomic E-state index is 13.3. The zero-order valence-electron chi connectivity index (χ0n) is 18.8. The zero-order valence-corrected chi connectivity index (χ0v) is 18.8. The lowest BCUT2D eigenvalue weighted by molar-refractivity contribution is -0.160. The Kier molecular flexibility index (Phi) is 7.01. The summed E-state index contributed by atoms with van der Waals surface area (Å²) in [6.45, 7) is 7.34. The Morgan fingerprint density at radius 3 is 2.06 bits per heavy atom. The molecule has 3 rings (SSSR count). The highest BCUT2D eigenvalue weighted by Gasteiger charge is 2.50. The van der Waals surface area contributed by atoms with Gasteiger partial charge in [-0.25, -0.2) is 9.59 Å². The SMILES string of the molecule is COC(=O)C1(Cc2ccccc2)CN(C(=O)OC(C)(C)C)CCN1Cc1ccccc1. The molecule has 1 unspecified atom stereocenters. The predicted octanol–water partition coefficient (Wildman–Crippen LogP) is 3.89. The summed E-state index contributed by atoms with van der Waals surface area (Å²) in [6, 6.07) is 19.9. The summed E-state index contributed by atoms with van der Waals surface area (Å²) in [5, 5.41) is 0. The van der Waals surface area contributed by atoms with Gasteiger partial charge in [0.15, 0.2) is 0 Å². The van der Waals surface area contributed by atoms with Gasteiger partial charge in [0.05, 0.1) is 13.7 Å². The molecule has 1 heterocycles. The third-order valence-electron chi connectivity index (χ3n) is 5.47. The van der Waals surface area contributed by atoms with Crippen LogP contribution in [0.4, 0.5) is 4.79 Å². The first-order valence-corrected chi connectivity index (χ1v) is 10.6. The van der Waals surface area contributed by atoms with Crippen LogP contribution in [0.1, 0.15) is 31.9 Å². The van der Waals surface area contributed by atoms with Gasteiger partial charge in [-0.1, -0.05) is 60.7 Å². The van der Waals surface area contributed by atoms with Gasteiger partial charge in [-0.05, 0) is 31.9 Å². The lowest BCUT2D eigenvalue weighted by atomic mass is 9.85. The van der Waals surface area contributed by atoms with E-state index in [4.69, 9.17) is 9.47 Å². The molecule has 0 N–H and O–H groups in total. The quantitative estimate of drug-likeness (QED) is 0.682. The van der Waals surface area contributed by atoms with Crippen molar-refractivity contribution in [3.05, 3.63) is 71.8 Å².